The lowest BCUT2D eigenvalue weighted by Gasteiger charge is -2.13. The molecule has 0 aliphatic rings. The van der Waals surface area contributed by atoms with E-state index in [1.54, 1.807) is 72.8 Å². The second-order valence-electron chi connectivity index (χ2n) is 10.6. The second-order valence-corrected chi connectivity index (χ2v) is 11.4. The Labute approximate surface area is 315 Å². The molecule has 0 fully saturated rings. The Morgan fingerprint density at radius 2 is 1.08 bits per heavy atom. The lowest BCUT2D eigenvalue weighted by Crippen LogP contribution is -2.05. The fraction of sp³-hybridized carbons (Fsp3) is 0.143. The van der Waals surface area contributed by atoms with Crippen molar-refractivity contribution >= 4 is 70.7 Å². The van der Waals surface area contributed by atoms with Crippen LogP contribution in [0.15, 0.2) is 97.4 Å². The van der Waals surface area contributed by atoms with E-state index in [2.05, 4.69) is 20.6 Å². The van der Waals surface area contributed by atoms with Gasteiger partial charge in [0, 0.05) is 60.3 Å². The Balaban J connectivity index is 0.000000311. The molecule has 0 spiro atoms. The first kappa shape index (κ1) is 42.6. The van der Waals surface area contributed by atoms with Crippen LogP contribution in [0.3, 0.4) is 0 Å². The summed E-state index contributed by atoms with van der Waals surface area (Å²) in [4.78, 5) is 50.4. The number of halogens is 2. The van der Waals surface area contributed by atoms with Crippen molar-refractivity contribution < 1.29 is 29.4 Å². The highest BCUT2D eigenvalue weighted by Crippen LogP contribution is 2.29. The summed E-state index contributed by atoms with van der Waals surface area (Å²) in [5.41, 5.74) is 24.9. The van der Waals surface area contributed by atoms with Gasteiger partial charge in [-0.15, -0.1) is 0 Å². The first-order valence-corrected chi connectivity index (χ1v) is 16.2. The quantitative estimate of drug-likeness (QED) is 0.0512. The largest absolute Gasteiger partial charge is 0.478 e. The number of carbonyl (C=O) groups is 4. The van der Waals surface area contributed by atoms with Gasteiger partial charge in [0.15, 0.2) is 12.6 Å². The Hall–Kier alpha value is -6.52. The third-order valence-corrected chi connectivity index (χ3v) is 7.74. The van der Waals surface area contributed by atoms with E-state index in [1.807, 2.05) is 0 Å². The molecule has 4 aromatic rings. The molecule has 0 atom stereocenters. The predicted octanol–water partition coefficient (Wildman–Crippen LogP) is 4.01. The van der Waals surface area contributed by atoms with Gasteiger partial charge in [-0.3, -0.25) is 18.7 Å². The summed E-state index contributed by atoms with van der Waals surface area (Å²) >= 11 is 12.5. The van der Waals surface area contributed by atoms with Crippen LogP contribution in [0, 0.1) is 0 Å². The van der Waals surface area contributed by atoms with Crippen molar-refractivity contribution in [3.63, 3.8) is 0 Å². The van der Waals surface area contributed by atoms with Crippen LogP contribution >= 0.6 is 23.2 Å². The number of aldehydes is 2. The van der Waals surface area contributed by atoms with Gasteiger partial charge in [-0.1, -0.05) is 23.2 Å². The number of hydrogen-bond donors (Lipinski definition) is 8. The molecule has 0 bridgehead atoms. The van der Waals surface area contributed by atoms with Crippen molar-refractivity contribution in [2.75, 3.05) is 24.7 Å². The molecule has 0 unspecified atom stereocenters. The molecule has 0 saturated carbocycles. The van der Waals surface area contributed by atoms with Gasteiger partial charge in [-0.05, 0) is 79.0 Å². The maximum atomic E-state index is 11.3. The first-order valence-electron chi connectivity index (χ1n) is 15.5. The van der Waals surface area contributed by atoms with E-state index in [-0.39, 0.29) is 22.5 Å². The van der Waals surface area contributed by atoms with Gasteiger partial charge in [0.25, 0.3) is 0 Å². The number of imidazole rings is 2. The molecular formula is C35H40Cl2N10O6. The van der Waals surface area contributed by atoms with Crippen molar-refractivity contribution in [1.82, 2.24) is 19.1 Å². The topological polar surface area (TPSA) is 273 Å². The molecule has 16 nitrogen and oxygen atoms in total. The molecule has 4 rings (SSSR count). The summed E-state index contributed by atoms with van der Waals surface area (Å²) in [5.74, 6) is -1.19. The van der Waals surface area contributed by atoms with Gasteiger partial charge in [-0.25, -0.2) is 19.6 Å². The van der Waals surface area contributed by atoms with Crippen molar-refractivity contribution in [3.8, 4) is 0 Å². The van der Waals surface area contributed by atoms with Gasteiger partial charge in [0.2, 0.25) is 0 Å². The zero-order chi connectivity index (χ0) is 39.5. The molecule has 18 heteroatoms. The Morgan fingerprint density at radius 3 is 1.36 bits per heavy atom. The van der Waals surface area contributed by atoms with E-state index >= 15 is 0 Å². The highest BCUT2D eigenvalue weighted by Gasteiger charge is 2.15. The third kappa shape index (κ3) is 13.6. The minimum absolute atomic E-state index is 0.122. The van der Waals surface area contributed by atoms with Crippen molar-refractivity contribution in [3.05, 3.63) is 130 Å². The molecule has 0 radical (unpaired) electrons. The molecule has 0 aliphatic heterocycles. The normalized spacial score (nSPS) is 11.7. The number of anilines is 2. The molecule has 2 aromatic carbocycles. The summed E-state index contributed by atoms with van der Waals surface area (Å²) in [5, 5.41) is 25.0. The number of carboxylic acid groups (broad SMARTS) is 2. The summed E-state index contributed by atoms with van der Waals surface area (Å²) in [7, 11) is 3.31. The van der Waals surface area contributed by atoms with E-state index in [0.717, 1.165) is 11.1 Å². The molecule has 2 aromatic heterocycles. The van der Waals surface area contributed by atoms with Gasteiger partial charge in [0.05, 0.1) is 22.5 Å². The third-order valence-electron chi connectivity index (χ3n) is 7.04. The van der Waals surface area contributed by atoms with Crippen LogP contribution in [0.1, 0.15) is 38.3 Å². The van der Waals surface area contributed by atoms with Crippen LogP contribution < -0.4 is 33.6 Å². The Bertz CT molecular complexity index is 1850. The molecule has 280 valence electrons. The lowest BCUT2D eigenvalue weighted by atomic mass is 10.00. The maximum absolute atomic E-state index is 11.3. The molecule has 12 N–H and O–H groups in total. The SMILES string of the molecule is CNc1cc(CCCc2cc(NC)c(C(=O)O)cc2Cl)c(Cl)cc1C(=O)O.N/C(C=O)=C\C=C(/N)n1ccnc1.N/C(C=O)=C\C=C(/N)n1ccnc1. The highest BCUT2D eigenvalue weighted by atomic mass is 35.5. The number of allylic oxidation sites excluding steroid dienone is 6. The average Bonchev–Trinajstić information content (AvgIpc) is 3.90. The number of carbonyl (C=O) groups excluding carboxylic acids is 2. The van der Waals surface area contributed by atoms with Crippen LogP contribution in [-0.2, 0) is 22.4 Å². The number of rotatable bonds is 14. The smallest absolute Gasteiger partial charge is 0.337 e. The Kier molecular flexibility index (Phi) is 17.4. The van der Waals surface area contributed by atoms with Crippen molar-refractivity contribution in [1.29, 1.82) is 0 Å². The van der Waals surface area contributed by atoms with Gasteiger partial charge in [0.1, 0.15) is 24.3 Å². The zero-order valence-electron chi connectivity index (χ0n) is 28.7. The summed E-state index contributed by atoms with van der Waals surface area (Å²) in [6, 6.07) is 6.36. The second kappa shape index (κ2) is 21.6. The van der Waals surface area contributed by atoms with Crippen LogP contribution in [0.25, 0.3) is 11.6 Å². The summed E-state index contributed by atoms with van der Waals surface area (Å²) in [6.45, 7) is 0. The van der Waals surface area contributed by atoms with Gasteiger partial charge >= 0.3 is 11.9 Å². The monoisotopic (exact) mass is 766 g/mol. The van der Waals surface area contributed by atoms with E-state index in [9.17, 15) is 29.4 Å². The summed E-state index contributed by atoms with van der Waals surface area (Å²) < 4.78 is 3.21. The van der Waals surface area contributed by atoms with Gasteiger partial charge in [-0.2, -0.15) is 0 Å². The predicted molar refractivity (Wildman–Crippen MR) is 206 cm³/mol. The number of benzene rings is 2. The number of hydrogen-bond acceptors (Lipinski definition) is 12. The molecule has 2 heterocycles. The van der Waals surface area contributed by atoms with Crippen LogP contribution in [-0.4, -0.2) is 67.9 Å². The highest BCUT2D eigenvalue weighted by molar-refractivity contribution is 6.32. The van der Waals surface area contributed by atoms with Crippen molar-refractivity contribution in [2.24, 2.45) is 22.9 Å². The van der Waals surface area contributed by atoms with E-state index in [1.165, 1.54) is 36.4 Å². The number of nitrogens with zero attached hydrogens (tertiary/aromatic N) is 4. The molecule has 0 saturated heterocycles. The number of aryl methyl sites for hydroxylation is 2. The number of aromatic nitrogens is 4. The standard InChI is InChI=1S/C19H20Cl2N2O4.2C8H10N4O/c1-22-16-6-10(14(20)8-12(16)18(24)25)4-3-5-11-7-17(23-2)13(19(26)27)9-15(11)21;2*9-7(5-13)1-2-8(10)12-4-3-11-6-12/h6-9,22-23H,3-5H2,1-2H3,(H,24,25)(H,26,27);2*1-6H,9-10H2/b;2*7-1-,8-2+. The molecule has 0 aliphatic carbocycles. The van der Waals surface area contributed by atoms with Crippen LogP contribution in [0.5, 0.6) is 0 Å². The van der Waals surface area contributed by atoms with E-state index in [0.29, 0.717) is 64.9 Å². The zero-order valence-corrected chi connectivity index (χ0v) is 30.3. The fourth-order valence-electron chi connectivity index (χ4n) is 4.29. The first-order chi connectivity index (χ1) is 25.3. The minimum Gasteiger partial charge on any atom is -0.478 e. The Morgan fingerprint density at radius 1 is 0.698 bits per heavy atom. The maximum Gasteiger partial charge on any atom is 0.337 e. The average molecular weight is 768 g/mol. The van der Waals surface area contributed by atoms with E-state index < -0.39 is 11.9 Å². The molecule has 0 amide bonds. The summed E-state index contributed by atoms with van der Waals surface area (Å²) in [6.07, 6.45) is 18.7. The molecule has 53 heavy (non-hydrogen) atoms. The van der Waals surface area contributed by atoms with Gasteiger partial charge < -0.3 is 43.8 Å². The lowest BCUT2D eigenvalue weighted by molar-refractivity contribution is -0.105. The van der Waals surface area contributed by atoms with Crippen LogP contribution in [0.2, 0.25) is 10.0 Å². The minimum atomic E-state index is -1.04. The van der Waals surface area contributed by atoms with Crippen LogP contribution in [0.4, 0.5) is 11.4 Å². The van der Waals surface area contributed by atoms with E-state index in [4.69, 9.17) is 46.1 Å². The number of aromatic carboxylic acids is 2. The van der Waals surface area contributed by atoms with Crippen molar-refractivity contribution in [2.45, 2.75) is 19.3 Å². The number of nitrogens with two attached hydrogens (primary N) is 4. The number of nitrogens with one attached hydrogen (secondary N) is 2. The molecular weight excluding hydrogens is 727 g/mol. The fourth-order valence-corrected chi connectivity index (χ4v) is 4.81. The number of carboxylic acids is 2.